The molecule has 1 N–H and O–H groups in total. The van der Waals surface area contributed by atoms with Crippen molar-refractivity contribution in [3.63, 3.8) is 0 Å². The van der Waals surface area contributed by atoms with E-state index in [9.17, 15) is 19.3 Å². The molecule has 2 rings (SSSR count). The van der Waals surface area contributed by atoms with Gasteiger partial charge in [-0.2, -0.15) is 0 Å². The SMILES string of the molecule is CCN1CCCC(NC(=O)c2cc(F)ccc2[N+](=O)[O-])C1. The lowest BCUT2D eigenvalue weighted by Gasteiger charge is -2.32. The Bertz CT molecular complexity index is 550. The summed E-state index contributed by atoms with van der Waals surface area (Å²) in [6, 6.07) is 2.85. The average molecular weight is 295 g/mol. The van der Waals surface area contributed by atoms with Crippen LogP contribution in [-0.4, -0.2) is 41.4 Å². The molecule has 1 atom stereocenters. The number of nitrogens with one attached hydrogen (secondary N) is 1. The van der Waals surface area contributed by atoms with Crippen LogP contribution in [0.2, 0.25) is 0 Å². The molecule has 0 bridgehead atoms. The summed E-state index contributed by atoms with van der Waals surface area (Å²) >= 11 is 0. The molecule has 1 fully saturated rings. The number of nitrogens with zero attached hydrogens (tertiary/aromatic N) is 2. The van der Waals surface area contributed by atoms with Gasteiger partial charge in [-0.25, -0.2) is 4.39 Å². The van der Waals surface area contributed by atoms with Crippen molar-refractivity contribution < 1.29 is 14.1 Å². The van der Waals surface area contributed by atoms with Crippen LogP contribution in [0.5, 0.6) is 0 Å². The van der Waals surface area contributed by atoms with Crippen molar-refractivity contribution in [2.24, 2.45) is 0 Å². The van der Waals surface area contributed by atoms with E-state index in [-0.39, 0.29) is 17.3 Å². The number of likely N-dealkylation sites (tertiary alicyclic amines) is 1. The van der Waals surface area contributed by atoms with Gasteiger partial charge in [0.2, 0.25) is 0 Å². The van der Waals surface area contributed by atoms with E-state index in [1.165, 1.54) is 0 Å². The van der Waals surface area contributed by atoms with Crippen molar-refractivity contribution in [2.45, 2.75) is 25.8 Å². The molecule has 1 unspecified atom stereocenters. The zero-order chi connectivity index (χ0) is 15.4. The van der Waals surface area contributed by atoms with Gasteiger partial charge in [0, 0.05) is 18.7 Å². The summed E-state index contributed by atoms with van der Waals surface area (Å²) in [5.74, 6) is -1.26. The van der Waals surface area contributed by atoms with Gasteiger partial charge in [-0.05, 0) is 38.1 Å². The number of hydrogen-bond donors (Lipinski definition) is 1. The molecule has 0 aliphatic carbocycles. The molecule has 1 aliphatic rings. The van der Waals surface area contributed by atoms with Crippen LogP contribution in [0.15, 0.2) is 18.2 Å². The first-order valence-corrected chi connectivity index (χ1v) is 6.98. The van der Waals surface area contributed by atoms with Crippen LogP contribution < -0.4 is 5.32 Å². The number of likely N-dealkylation sites (N-methyl/N-ethyl adjacent to an activating group) is 1. The molecule has 0 aromatic heterocycles. The number of halogens is 1. The van der Waals surface area contributed by atoms with E-state index in [1.807, 2.05) is 6.92 Å². The smallest absolute Gasteiger partial charge is 0.282 e. The third kappa shape index (κ3) is 3.75. The highest BCUT2D eigenvalue weighted by Gasteiger charge is 2.25. The monoisotopic (exact) mass is 295 g/mol. The first-order chi connectivity index (χ1) is 10.0. The highest BCUT2D eigenvalue weighted by molar-refractivity contribution is 5.98. The maximum Gasteiger partial charge on any atom is 0.282 e. The number of carbonyl (C=O) groups excluding carboxylic acids is 1. The summed E-state index contributed by atoms with van der Waals surface area (Å²) in [5, 5.41) is 13.7. The first kappa shape index (κ1) is 15.4. The van der Waals surface area contributed by atoms with Gasteiger partial charge >= 0.3 is 0 Å². The first-order valence-electron chi connectivity index (χ1n) is 6.98. The van der Waals surface area contributed by atoms with Crippen LogP contribution in [0.4, 0.5) is 10.1 Å². The van der Waals surface area contributed by atoms with Gasteiger partial charge in [0.05, 0.1) is 4.92 Å². The Balaban J connectivity index is 2.13. The summed E-state index contributed by atoms with van der Waals surface area (Å²) < 4.78 is 13.3. The van der Waals surface area contributed by atoms with Crippen molar-refractivity contribution in [3.05, 3.63) is 39.7 Å². The second kappa shape index (κ2) is 6.62. The largest absolute Gasteiger partial charge is 0.348 e. The van der Waals surface area contributed by atoms with E-state index < -0.39 is 16.6 Å². The zero-order valence-electron chi connectivity index (χ0n) is 11.8. The number of nitro groups is 1. The maximum absolute atomic E-state index is 13.3. The molecule has 0 radical (unpaired) electrons. The molecule has 1 aliphatic heterocycles. The van der Waals surface area contributed by atoms with Crippen molar-refractivity contribution in [3.8, 4) is 0 Å². The van der Waals surface area contributed by atoms with E-state index >= 15 is 0 Å². The number of rotatable bonds is 4. The summed E-state index contributed by atoms with van der Waals surface area (Å²) in [6.07, 6.45) is 1.79. The van der Waals surface area contributed by atoms with Gasteiger partial charge in [0.15, 0.2) is 0 Å². The molecule has 21 heavy (non-hydrogen) atoms. The molecule has 1 heterocycles. The van der Waals surface area contributed by atoms with Crippen molar-refractivity contribution in [1.29, 1.82) is 0 Å². The molecule has 0 saturated carbocycles. The second-order valence-corrected chi connectivity index (χ2v) is 5.12. The van der Waals surface area contributed by atoms with Gasteiger partial charge in [-0.15, -0.1) is 0 Å². The van der Waals surface area contributed by atoms with Crippen molar-refractivity contribution in [1.82, 2.24) is 10.2 Å². The number of amides is 1. The number of hydrogen-bond acceptors (Lipinski definition) is 4. The molecule has 7 heteroatoms. The lowest BCUT2D eigenvalue weighted by Crippen LogP contribution is -2.47. The quantitative estimate of drug-likeness (QED) is 0.680. The predicted molar refractivity (Wildman–Crippen MR) is 75.7 cm³/mol. The highest BCUT2D eigenvalue weighted by Crippen LogP contribution is 2.20. The average Bonchev–Trinajstić information content (AvgIpc) is 2.47. The highest BCUT2D eigenvalue weighted by atomic mass is 19.1. The van der Waals surface area contributed by atoms with E-state index in [1.54, 1.807) is 0 Å². The summed E-state index contributed by atoms with van der Waals surface area (Å²) in [7, 11) is 0. The molecular weight excluding hydrogens is 277 g/mol. The Hall–Kier alpha value is -2.02. The van der Waals surface area contributed by atoms with E-state index in [4.69, 9.17) is 0 Å². The Kier molecular flexibility index (Phi) is 4.85. The number of piperidine rings is 1. The fraction of sp³-hybridized carbons (Fsp3) is 0.500. The van der Waals surface area contributed by atoms with Crippen LogP contribution in [0.1, 0.15) is 30.1 Å². The molecule has 114 valence electrons. The molecule has 1 aromatic rings. The Morgan fingerprint density at radius 1 is 1.57 bits per heavy atom. The summed E-state index contributed by atoms with van der Waals surface area (Å²) in [4.78, 5) is 24.6. The van der Waals surface area contributed by atoms with Crippen LogP contribution in [0.3, 0.4) is 0 Å². The van der Waals surface area contributed by atoms with E-state index in [2.05, 4.69) is 10.2 Å². The third-order valence-corrected chi connectivity index (χ3v) is 3.69. The standard InChI is InChI=1S/C14H18FN3O3/c1-2-17-7-3-4-11(9-17)16-14(19)12-8-10(15)5-6-13(12)18(20)21/h5-6,8,11H,2-4,7,9H2,1H3,(H,16,19). The number of carbonyl (C=O) groups is 1. The van der Waals surface area contributed by atoms with E-state index in [0.717, 1.165) is 44.1 Å². The molecule has 1 aromatic carbocycles. The second-order valence-electron chi connectivity index (χ2n) is 5.12. The number of benzene rings is 1. The fourth-order valence-electron chi connectivity index (χ4n) is 2.57. The molecular formula is C14H18FN3O3. The Morgan fingerprint density at radius 2 is 2.33 bits per heavy atom. The van der Waals surface area contributed by atoms with Gasteiger partial charge < -0.3 is 10.2 Å². The minimum absolute atomic E-state index is 0.0610. The third-order valence-electron chi connectivity index (χ3n) is 3.69. The molecule has 1 amide bonds. The Morgan fingerprint density at radius 3 is 3.00 bits per heavy atom. The minimum atomic E-state index is -0.673. The lowest BCUT2D eigenvalue weighted by molar-refractivity contribution is -0.385. The van der Waals surface area contributed by atoms with Gasteiger partial charge in [0.1, 0.15) is 11.4 Å². The fourth-order valence-corrected chi connectivity index (χ4v) is 2.57. The molecule has 0 spiro atoms. The van der Waals surface area contributed by atoms with Crippen LogP contribution >= 0.6 is 0 Å². The van der Waals surface area contributed by atoms with Gasteiger partial charge in [-0.1, -0.05) is 6.92 Å². The normalized spacial score (nSPS) is 19.2. The summed E-state index contributed by atoms with van der Waals surface area (Å²) in [6.45, 7) is 4.64. The topological polar surface area (TPSA) is 75.5 Å². The Labute approximate surface area is 122 Å². The minimum Gasteiger partial charge on any atom is -0.348 e. The number of nitro benzene ring substituents is 1. The maximum atomic E-state index is 13.3. The molecule has 1 saturated heterocycles. The van der Waals surface area contributed by atoms with Crippen LogP contribution in [-0.2, 0) is 0 Å². The van der Waals surface area contributed by atoms with E-state index in [0.29, 0.717) is 6.54 Å². The predicted octanol–water partition coefficient (Wildman–Crippen LogP) is 1.95. The lowest BCUT2D eigenvalue weighted by atomic mass is 10.0. The van der Waals surface area contributed by atoms with Crippen molar-refractivity contribution in [2.75, 3.05) is 19.6 Å². The van der Waals surface area contributed by atoms with Crippen LogP contribution in [0.25, 0.3) is 0 Å². The zero-order valence-corrected chi connectivity index (χ0v) is 11.8. The molecule has 6 nitrogen and oxygen atoms in total. The van der Waals surface area contributed by atoms with Crippen molar-refractivity contribution >= 4 is 11.6 Å². The van der Waals surface area contributed by atoms with Gasteiger partial charge in [-0.3, -0.25) is 14.9 Å². The van der Waals surface area contributed by atoms with Gasteiger partial charge in [0.25, 0.3) is 11.6 Å². The summed E-state index contributed by atoms with van der Waals surface area (Å²) in [5.41, 5.74) is -0.606. The van der Waals surface area contributed by atoms with Crippen LogP contribution in [0, 0.1) is 15.9 Å².